The van der Waals surface area contributed by atoms with Crippen molar-refractivity contribution in [2.24, 2.45) is 7.05 Å². The molecule has 8 nitrogen and oxygen atoms in total. The second-order valence-corrected chi connectivity index (χ2v) is 7.54. The van der Waals surface area contributed by atoms with E-state index >= 15 is 0 Å². The molecule has 0 atom stereocenters. The van der Waals surface area contributed by atoms with Crippen molar-refractivity contribution in [2.75, 3.05) is 5.32 Å². The fraction of sp³-hybridized carbons (Fsp3) is 0.0833. The lowest BCUT2D eigenvalue weighted by molar-refractivity contribution is 0.577. The molecule has 0 amide bonds. The van der Waals surface area contributed by atoms with Crippen molar-refractivity contribution in [1.29, 1.82) is 0 Å². The maximum absolute atomic E-state index is 5.48. The summed E-state index contributed by atoms with van der Waals surface area (Å²) in [5.74, 6) is 1.68. The number of aromatic nitrogens is 6. The predicted octanol–water partition coefficient (Wildman–Crippen LogP) is 4.55. The lowest BCUT2D eigenvalue weighted by atomic mass is 10.0. The van der Waals surface area contributed by atoms with Crippen molar-refractivity contribution >= 4 is 22.6 Å². The van der Waals surface area contributed by atoms with E-state index in [4.69, 9.17) is 4.42 Å². The number of rotatable bonds is 5. The maximum atomic E-state index is 5.48. The zero-order valence-corrected chi connectivity index (χ0v) is 17.3. The first-order valence-electron chi connectivity index (χ1n) is 10.3. The Hall–Kier alpha value is -4.46. The smallest absolute Gasteiger partial charge is 0.228 e. The van der Waals surface area contributed by atoms with Gasteiger partial charge in [-0.25, -0.2) is 4.98 Å². The van der Waals surface area contributed by atoms with Crippen molar-refractivity contribution in [1.82, 2.24) is 29.4 Å². The van der Waals surface area contributed by atoms with Crippen LogP contribution in [-0.2, 0) is 13.6 Å². The van der Waals surface area contributed by atoms with Crippen LogP contribution in [0, 0.1) is 0 Å². The van der Waals surface area contributed by atoms with Crippen LogP contribution < -0.4 is 5.32 Å². The Labute approximate surface area is 183 Å². The average molecular weight is 421 g/mol. The summed E-state index contributed by atoms with van der Waals surface area (Å²) < 4.78 is 8.92. The van der Waals surface area contributed by atoms with Gasteiger partial charge >= 0.3 is 0 Å². The molecule has 0 aliphatic carbocycles. The van der Waals surface area contributed by atoms with Gasteiger partial charge in [0.2, 0.25) is 11.8 Å². The number of aryl methyl sites for hydroxylation is 1. The highest BCUT2D eigenvalue weighted by Crippen LogP contribution is 2.24. The van der Waals surface area contributed by atoms with Gasteiger partial charge < -0.3 is 9.73 Å². The first-order valence-corrected chi connectivity index (χ1v) is 10.3. The van der Waals surface area contributed by atoms with Crippen molar-refractivity contribution in [2.45, 2.75) is 6.54 Å². The first kappa shape index (κ1) is 18.3. The Morgan fingerprint density at radius 2 is 1.69 bits per heavy atom. The van der Waals surface area contributed by atoms with E-state index in [1.165, 1.54) is 11.1 Å². The fourth-order valence-electron chi connectivity index (χ4n) is 3.75. The SMILES string of the molecule is Cn1cc2c(nc(NCc3ccc(-c4ccccc4)cc3)n3nc(-c4ccco4)nc23)n1. The molecule has 0 aliphatic heterocycles. The van der Waals surface area contributed by atoms with Gasteiger partial charge in [-0.05, 0) is 28.8 Å². The van der Waals surface area contributed by atoms with E-state index in [0.29, 0.717) is 35.4 Å². The van der Waals surface area contributed by atoms with Gasteiger partial charge in [-0.15, -0.1) is 5.10 Å². The minimum absolute atomic E-state index is 0.503. The highest BCUT2D eigenvalue weighted by Gasteiger charge is 2.17. The van der Waals surface area contributed by atoms with Crippen molar-refractivity contribution in [3.63, 3.8) is 0 Å². The van der Waals surface area contributed by atoms with Crippen LogP contribution in [0.15, 0.2) is 83.6 Å². The molecule has 0 radical (unpaired) electrons. The number of hydrogen-bond donors (Lipinski definition) is 1. The van der Waals surface area contributed by atoms with Crippen LogP contribution in [0.25, 0.3) is 39.4 Å². The summed E-state index contributed by atoms with van der Waals surface area (Å²) >= 11 is 0. The number of fused-ring (bicyclic) bond motifs is 3. The summed E-state index contributed by atoms with van der Waals surface area (Å²) in [4.78, 5) is 9.37. The average Bonchev–Trinajstić information content (AvgIpc) is 3.57. The molecule has 0 unspecified atom stereocenters. The van der Waals surface area contributed by atoms with Crippen LogP contribution in [0.3, 0.4) is 0 Å². The Morgan fingerprint density at radius 3 is 2.47 bits per heavy atom. The fourth-order valence-corrected chi connectivity index (χ4v) is 3.75. The Morgan fingerprint density at radius 1 is 0.875 bits per heavy atom. The lowest BCUT2D eigenvalue weighted by Gasteiger charge is -2.08. The molecule has 0 bridgehead atoms. The van der Waals surface area contributed by atoms with Gasteiger partial charge in [0.25, 0.3) is 0 Å². The van der Waals surface area contributed by atoms with Gasteiger partial charge in [0, 0.05) is 19.8 Å². The van der Waals surface area contributed by atoms with Gasteiger partial charge in [0.05, 0.1) is 11.6 Å². The number of nitrogens with one attached hydrogen (secondary N) is 1. The highest BCUT2D eigenvalue weighted by molar-refractivity contribution is 5.90. The second kappa shape index (κ2) is 7.35. The van der Waals surface area contributed by atoms with Gasteiger partial charge in [-0.1, -0.05) is 54.6 Å². The molecule has 2 aromatic carbocycles. The minimum atomic E-state index is 0.503. The Balaban J connectivity index is 1.34. The molecule has 0 aliphatic rings. The summed E-state index contributed by atoms with van der Waals surface area (Å²) in [6.07, 6.45) is 3.50. The molecule has 156 valence electrons. The van der Waals surface area contributed by atoms with Crippen molar-refractivity contribution in [3.05, 3.63) is 84.8 Å². The Kier molecular flexibility index (Phi) is 4.21. The van der Waals surface area contributed by atoms with Gasteiger partial charge in [-0.3, -0.25) is 4.68 Å². The summed E-state index contributed by atoms with van der Waals surface area (Å²) in [6.45, 7) is 0.589. The molecule has 6 rings (SSSR count). The second-order valence-electron chi connectivity index (χ2n) is 7.54. The Bertz CT molecular complexity index is 1510. The third kappa shape index (κ3) is 3.18. The van der Waals surface area contributed by atoms with Gasteiger partial charge in [0.1, 0.15) is 0 Å². The summed E-state index contributed by atoms with van der Waals surface area (Å²) in [6, 6.07) is 22.5. The summed E-state index contributed by atoms with van der Waals surface area (Å²) in [5, 5.41) is 13.3. The number of benzene rings is 2. The zero-order valence-electron chi connectivity index (χ0n) is 17.3. The molecular formula is C24H19N7O. The number of nitrogens with zero attached hydrogens (tertiary/aromatic N) is 6. The molecule has 32 heavy (non-hydrogen) atoms. The normalized spacial score (nSPS) is 11.4. The third-order valence-electron chi connectivity index (χ3n) is 5.32. The van der Waals surface area contributed by atoms with Crippen LogP contribution in [0.4, 0.5) is 5.95 Å². The lowest BCUT2D eigenvalue weighted by Crippen LogP contribution is -2.08. The minimum Gasteiger partial charge on any atom is -0.461 e. The first-order chi connectivity index (χ1) is 15.7. The van der Waals surface area contributed by atoms with Crippen LogP contribution in [0.5, 0.6) is 0 Å². The molecule has 4 aromatic heterocycles. The molecule has 8 heteroatoms. The van der Waals surface area contributed by atoms with Crippen molar-refractivity contribution < 1.29 is 4.42 Å². The predicted molar refractivity (Wildman–Crippen MR) is 122 cm³/mol. The third-order valence-corrected chi connectivity index (χ3v) is 5.32. The highest BCUT2D eigenvalue weighted by atomic mass is 16.3. The van der Waals surface area contributed by atoms with Crippen LogP contribution in [0.1, 0.15) is 5.56 Å². The van der Waals surface area contributed by atoms with Gasteiger partial charge in [-0.2, -0.15) is 14.6 Å². The molecule has 0 fully saturated rings. The van der Waals surface area contributed by atoms with E-state index in [-0.39, 0.29) is 0 Å². The number of anilines is 1. The van der Waals surface area contributed by atoms with E-state index in [9.17, 15) is 0 Å². The number of hydrogen-bond acceptors (Lipinski definition) is 6. The zero-order chi connectivity index (χ0) is 21.5. The van der Waals surface area contributed by atoms with Crippen LogP contribution >= 0.6 is 0 Å². The van der Waals surface area contributed by atoms with E-state index in [2.05, 4.69) is 61.9 Å². The topological polar surface area (TPSA) is 86.1 Å². The molecule has 0 spiro atoms. The quantitative estimate of drug-likeness (QED) is 0.439. The maximum Gasteiger partial charge on any atom is 0.228 e. The van der Waals surface area contributed by atoms with E-state index < -0.39 is 0 Å². The van der Waals surface area contributed by atoms with E-state index in [0.717, 1.165) is 10.9 Å². The number of furan rings is 1. The largest absolute Gasteiger partial charge is 0.461 e. The van der Waals surface area contributed by atoms with Crippen molar-refractivity contribution in [3.8, 4) is 22.7 Å². The summed E-state index contributed by atoms with van der Waals surface area (Å²) in [5.41, 5.74) is 4.80. The van der Waals surface area contributed by atoms with Gasteiger partial charge in [0.15, 0.2) is 17.1 Å². The van der Waals surface area contributed by atoms with Crippen LogP contribution in [-0.4, -0.2) is 29.4 Å². The molecule has 1 N–H and O–H groups in total. The monoisotopic (exact) mass is 421 g/mol. The molecular weight excluding hydrogens is 402 g/mol. The van der Waals surface area contributed by atoms with E-state index in [1.54, 1.807) is 15.5 Å². The molecule has 4 heterocycles. The molecule has 0 saturated carbocycles. The van der Waals surface area contributed by atoms with E-state index in [1.807, 2.05) is 43.6 Å². The molecule has 6 aromatic rings. The standard InChI is InChI=1S/C24H19N7O/c1-30-15-19-21(28-30)27-24(31-23(19)26-22(29-31)20-8-5-13-32-20)25-14-16-9-11-18(12-10-16)17-6-3-2-4-7-17/h2-13,15H,14H2,1H3,(H,25,27,28). The molecule has 0 saturated heterocycles. The van der Waals surface area contributed by atoms with Crippen LogP contribution in [0.2, 0.25) is 0 Å². The summed E-state index contributed by atoms with van der Waals surface area (Å²) in [7, 11) is 1.86.